The van der Waals surface area contributed by atoms with Gasteiger partial charge in [0.2, 0.25) is 5.91 Å². The maximum atomic E-state index is 11.8. The van der Waals surface area contributed by atoms with Crippen LogP contribution in [0.1, 0.15) is 25.3 Å². The number of benzene rings is 1. The fourth-order valence-electron chi connectivity index (χ4n) is 2.06. The molecule has 21 heavy (non-hydrogen) atoms. The van der Waals surface area contributed by atoms with Crippen molar-refractivity contribution in [2.75, 3.05) is 5.32 Å². The Kier molecular flexibility index (Phi) is 5.51. The number of hydrogen-bond donors (Lipinski definition) is 2. The van der Waals surface area contributed by atoms with Gasteiger partial charge >= 0.3 is 0 Å². The minimum absolute atomic E-state index is 0.0197. The largest absolute Gasteiger partial charge is 0.328 e. The van der Waals surface area contributed by atoms with Crippen molar-refractivity contribution in [1.82, 2.24) is 9.78 Å². The molecule has 1 heterocycles. The van der Waals surface area contributed by atoms with Crippen molar-refractivity contribution in [3.05, 3.63) is 48.2 Å². The van der Waals surface area contributed by atoms with E-state index in [9.17, 15) is 4.79 Å². The van der Waals surface area contributed by atoms with Crippen LogP contribution in [0, 0.1) is 0 Å². The van der Waals surface area contributed by atoms with E-state index < -0.39 is 0 Å². The van der Waals surface area contributed by atoms with Crippen LogP contribution in [0.15, 0.2) is 42.6 Å². The second-order valence-electron chi connectivity index (χ2n) is 5.24. The topological polar surface area (TPSA) is 72.9 Å². The minimum Gasteiger partial charge on any atom is -0.328 e. The van der Waals surface area contributed by atoms with Crippen LogP contribution in [0.3, 0.4) is 0 Å². The van der Waals surface area contributed by atoms with Crippen LogP contribution in [-0.4, -0.2) is 21.7 Å². The van der Waals surface area contributed by atoms with E-state index in [4.69, 9.17) is 5.73 Å². The second-order valence-corrected chi connectivity index (χ2v) is 5.24. The van der Waals surface area contributed by atoms with Crippen LogP contribution in [0.25, 0.3) is 0 Å². The molecule has 0 radical (unpaired) electrons. The third-order valence-corrected chi connectivity index (χ3v) is 3.27. The molecule has 5 nitrogen and oxygen atoms in total. The highest BCUT2D eigenvalue weighted by molar-refractivity contribution is 5.89. The zero-order valence-corrected chi connectivity index (χ0v) is 12.3. The van der Waals surface area contributed by atoms with Gasteiger partial charge in [-0.05, 0) is 25.3 Å². The summed E-state index contributed by atoms with van der Waals surface area (Å²) in [4.78, 5) is 11.8. The van der Waals surface area contributed by atoms with E-state index in [0.717, 1.165) is 18.8 Å². The molecule has 1 amide bonds. The van der Waals surface area contributed by atoms with Gasteiger partial charge in [0.15, 0.2) is 0 Å². The molecule has 0 saturated carbocycles. The number of amides is 1. The van der Waals surface area contributed by atoms with Crippen molar-refractivity contribution in [3.63, 3.8) is 0 Å². The first-order valence-electron chi connectivity index (χ1n) is 7.26. The molecule has 0 fully saturated rings. The summed E-state index contributed by atoms with van der Waals surface area (Å²) in [5.41, 5.74) is 6.91. The van der Waals surface area contributed by atoms with Gasteiger partial charge in [-0.3, -0.25) is 4.79 Å². The molecule has 1 aromatic heterocycles. The Balaban J connectivity index is 1.88. The number of aromatic nitrogens is 2. The number of rotatable bonds is 7. The average molecular weight is 286 g/mol. The first kappa shape index (κ1) is 15.3. The predicted octanol–water partition coefficient (Wildman–Crippen LogP) is 2.19. The summed E-state index contributed by atoms with van der Waals surface area (Å²) >= 11 is 0. The van der Waals surface area contributed by atoms with Crippen molar-refractivity contribution in [1.29, 1.82) is 0 Å². The first-order valence-corrected chi connectivity index (χ1v) is 7.26. The molecule has 0 aliphatic heterocycles. The van der Waals surface area contributed by atoms with Crippen molar-refractivity contribution in [3.8, 4) is 0 Å². The summed E-state index contributed by atoms with van der Waals surface area (Å²) in [6.07, 6.45) is 3.70. The maximum Gasteiger partial charge on any atom is 0.225 e. The van der Waals surface area contributed by atoms with Crippen LogP contribution < -0.4 is 11.1 Å². The number of nitrogens with zero attached hydrogens (tertiary/aromatic N) is 2. The number of anilines is 1. The molecule has 112 valence electrons. The van der Waals surface area contributed by atoms with Gasteiger partial charge in [0, 0.05) is 25.1 Å². The zero-order chi connectivity index (χ0) is 15.1. The molecule has 2 aromatic rings. The molecule has 5 heteroatoms. The SMILES string of the molecule is CC(N)CCC(=O)Nc1ccnn1CCc1ccccc1. The Labute approximate surface area is 125 Å². The molecule has 3 N–H and O–H groups in total. The molecule has 0 spiro atoms. The number of aryl methyl sites for hydroxylation is 2. The predicted molar refractivity (Wildman–Crippen MR) is 83.9 cm³/mol. The highest BCUT2D eigenvalue weighted by atomic mass is 16.1. The van der Waals surface area contributed by atoms with Gasteiger partial charge in [-0.25, -0.2) is 4.68 Å². The van der Waals surface area contributed by atoms with E-state index in [2.05, 4.69) is 22.5 Å². The van der Waals surface area contributed by atoms with Crippen molar-refractivity contribution in [2.45, 2.75) is 38.8 Å². The maximum absolute atomic E-state index is 11.8. The summed E-state index contributed by atoms with van der Waals surface area (Å²) in [5, 5.41) is 7.14. The minimum atomic E-state index is -0.0197. The quantitative estimate of drug-likeness (QED) is 0.819. The summed E-state index contributed by atoms with van der Waals surface area (Å²) in [6, 6.07) is 12.1. The smallest absolute Gasteiger partial charge is 0.225 e. The van der Waals surface area contributed by atoms with E-state index in [1.807, 2.05) is 35.9 Å². The van der Waals surface area contributed by atoms with E-state index in [1.54, 1.807) is 6.20 Å². The van der Waals surface area contributed by atoms with Crippen LogP contribution >= 0.6 is 0 Å². The zero-order valence-electron chi connectivity index (χ0n) is 12.3. The standard InChI is InChI=1S/C16H22N4O/c1-13(17)7-8-16(21)19-15-9-11-18-20(15)12-10-14-5-3-2-4-6-14/h2-6,9,11,13H,7-8,10,12,17H2,1H3,(H,19,21). The second kappa shape index (κ2) is 7.59. The number of carbonyl (C=O) groups is 1. The van der Waals surface area contributed by atoms with Crippen molar-refractivity contribution in [2.24, 2.45) is 5.73 Å². The number of nitrogens with two attached hydrogens (primary N) is 1. The molecular formula is C16H22N4O. The molecule has 1 unspecified atom stereocenters. The lowest BCUT2D eigenvalue weighted by atomic mass is 10.1. The average Bonchev–Trinajstić information content (AvgIpc) is 2.91. The number of nitrogens with one attached hydrogen (secondary N) is 1. The number of hydrogen-bond acceptors (Lipinski definition) is 3. The van der Waals surface area contributed by atoms with E-state index in [1.165, 1.54) is 5.56 Å². The van der Waals surface area contributed by atoms with Gasteiger partial charge in [0.05, 0.1) is 6.20 Å². The molecular weight excluding hydrogens is 264 g/mol. The van der Waals surface area contributed by atoms with Crippen LogP contribution in [-0.2, 0) is 17.8 Å². The normalized spacial score (nSPS) is 12.1. The molecule has 1 atom stereocenters. The fourth-order valence-corrected chi connectivity index (χ4v) is 2.06. The van der Waals surface area contributed by atoms with E-state index in [-0.39, 0.29) is 11.9 Å². The van der Waals surface area contributed by atoms with Gasteiger partial charge in [-0.1, -0.05) is 30.3 Å². The van der Waals surface area contributed by atoms with Gasteiger partial charge < -0.3 is 11.1 Å². The molecule has 2 rings (SSSR count). The number of carbonyl (C=O) groups excluding carboxylic acids is 1. The van der Waals surface area contributed by atoms with Crippen LogP contribution in [0.4, 0.5) is 5.82 Å². The molecule has 1 aromatic carbocycles. The van der Waals surface area contributed by atoms with E-state index >= 15 is 0 Å². The Bertz CT molecular complexity index is 563. The molecule has 0 saturated heterocycles. The molecule has 0 aliphatic rings. The summed E-state index contributed by atoms with van der Waals surface area (Å²) in [7, 11) is 0. The lowest BCUT2D eigenvalue weighted by Crippen LogP contribution is -2.21. The van der Waals surface area contributed by atoms with Crippen molar-refractivity contribution < 1.29 is 4.79 Å². The summed E-state index contributed by atoms with van der Waals surface area (Å²) < 4.78 is 1.82. The summed E-state index contributed by atoms with van der Waals surface area (Å²) in [6.45, 7) is 2.64. The highest BCUT2D eigenvalue weighted by Gasteiger charge is 2.08. The van der Waals surface area contributed by atoms with E-state index in [0.29, 0.717) is 12.8 Å². The van der Waals surface area contributed by atoms with Gasteiger partial charge in [-0.2, -0.15) is 5.10 Å². The van der Waals surface area contributed by atoms with Crippen LogP contribution in [0.2, 0.25) is 0 Å². The lowest BCUT2D eigenvalue weighted by molar-refractivity contribution is -0.116. The Morgan fingerprint density at radius 1 is 1.33 bits per heavy atom. The first-order chi connectivity index (χ1) is 10.1. The van der Waals surface area contributed by atoms with Gasteiger partial charge in [0.1, 0.15) is 5.82 Å². The Morgan fingerprint density at radius 2 is 2.10 bits per heavy atom. The summed E-state index contributed by atoms with van der Waals surface area (Å²) in [5.74, 6) is 0.717. The van der Waals surface area contributed by atoms with Gasteiger partial charge in [0.25, 0.3) is 0 Å². The highest BCUT2D eigenvalue weighted by Crippen LogP contribution is 2.10. The molecule has 0 bridgehead atoms. The molecule has 0 aliphatic carbocycles. The fraction of sp³-hybridized carbons (Fsp3) is 0.375. The third kappa shape index (κ3) is 5.04. The van der Waals surface area contributed by atoms with Gasteiger partial charge in [-0.15, -0.1) is 0 Å². The Morgan fingerprint density at radius 3 is 2.81 bits per heavy atom. The third-order valence-electron chi connectivity index (χ3n) is 3.27. The lowest BCUT2D eigenvalue weighted by Gasteiger charge is -2.10. The van der Waals surface area contributed by atoms with Crippen molar-refractivity contribution >= 4 is 11.7 Å². The van der Waals surface area contributed by atoms with Crippen LogP contribution in [0.5, 0.6) is 0 Å². The Hall–Kier alpha value is -2.14. The monoisotopic (exact) mass is 286 g/mol.